The molecule has 0 aliphatic carbocycles. The molecule has 0 radical (unpaired) electrons. The number of fused-ring (bicyclic) bond motifs is 6. The first-order chi connectivity index (χ1) is 35.2. The van der Waals surface area contributed by atoms with E-state index in [9.17, 15) is 0 Å². The second-order valence-electron chi connectivity index (χ2n) is 18.2. The van der Waals surface area contributed by atoms with Crippen molar-refractivity contribution in [3.05, 3.63) is 261 Å². The Labute approximate surface area is 410 Å². The predicted molar refractivity (Wildman–Crippen MR) is 294 cm³/mol. The van der Waals surface area contributed by atoms with E-state index in [1.165, 1.54) is 43.6 Å². The van der Waals surface area contributed by atoms with E-state index in [0.29, 0.717) is 0 Å². The van der Waals surface area contributed by atoms with Gasteiger partial charge in [0.05, 0.1) is 34.0 Å². The molecule has 9 aromatic carbocycles. The molecule has 5 heterocycles. The smallest absolute Gasteiger partial charge is 0.137 e. The Bertz CT molecular complexity index is 4280. The molecule has 332 valence electrons. The molecule has 0 aliphatic rings. The third-order valence-corrected chi connectivity index (χ3v) is 14.1. The number of nitrogens with zero attached hydrogens (tertiary/aromatic N) is 5. The van der Waals surface area contributed by atoms with Gasteiger partial charge in [0.25, 0.3) is 0 Å². The quantitative estimate of drug-likeness (QED) is 0.143. The summed E-state index contributed by atoms with van der Waals surface area (Å²) in [6.45, 7) is 0. The van der Waals surface area contributed by atoms with Gasteiger partial charge in [-0.15, -0.1) is 0 Å². The number of rotatable bonds is 8. The summed E-state index contributed by atoms with van der Waals surface area (Å²) in [6, 6.07) is 89.3. The van der Waals surface area contributed by atoms with Crippen molar-refractivity contribution in [2.45, 2.75) is 0 Å². The second-order valence-corrected chi connectivity index (χ2v) is 18.2. The maximum atomic E-state index is 5.19. The minimum Gasteiger partial charge on any atom is -0.309 e. The highest BCUT2D eigenvalue weighted by atomic mass is 15.0. The molecule has 0 aliphatic heterocycles. The van der Waals surface area contributed by atoms with Gasteiger partial charge >= 0.3 is 0 Å². The minimum atomic E-state index is 0.920. The van der Waals surface area contributed by atoms with E-state index in [-0.39, 0.29) is 0 Å². The summed E-state index contributed by atoms with van der Waals surface area (Å²) in [4.78, 5) is 10.3. The molecular weight excluding hydrogens is 863 g/mol. The van der Waals surface area contributed by atoms with Gasteiger partial charge in [-0.2, -0.15) is 0 Å². The summed E-state index contributed by atoms with van der Waals surface area (Å²) in [5.41, 5.74) is 19.6. The van der Waals surface area contributed by atoms with E-state index in [2.05, 4.69) is 262 Å². The van der Waals surface area contributed by atoms with Gasteiger partial charge in [-0.3, -0.25) is 8.80 Å². The average molecular weight is 906 g/mol. The van der Waals surface area contributed by atoms with Crippen molar-refractivity contribution in [3.8, 4) is 84.2 Å². The van der Waals surface area contributed by atoms with Gasteiger partial charge in [-0.25, -0.2) is 9.97 Å². The van der Waals surface area contributed by atoms with Crippen molar-refractivity contribution in [3.63, 3.8) is 0 Å². The van der Waals surface area contributed by atoms with Gasteiger partial charge in [-0.05, 0) is 98.4 Å². The third-order valence-electron chi connectivity index (χ3n) is 14.1. The fraction of sp³-hybridized carbons (Fsp3) is 0. The van der Waals surface area contributed by atoms with E-state index in [0.717, 1.165) is 84.3 Å². The zero-order valence-corrected chi connectivity index (χ0v) is 38.6. The van der Waals surface area contributed by atoms with Crippen LogP contribution in [0, 0.1) is 0 Å². The predicted octanol–water partition coefficient (Wildman–Crippen LogP) is 16.9. The van der Waals surface area contributed by atoms with Crippen LogP contribution in [0.15, 0.2) is 261 Å². The first kappa shape index (κ1) is 40.5. The lowest BCUT2D eigenvalue weighted by molar-refractivity contribution is 1.14. The van der Waals surface area contributed by atoms with Crippen LogP contribution in [0.1, 0.15) is 0 Å². The topological polar surface area (TPSA) is 39.5 Å². The van der Waals surface area contributed by atoms with Gasteiger partial charge in [0.1, 0.15) is 11.3 Å². The van der Waals surface area contributed by atoms with E-state index in [1.807, 2.05) is 12.1 Å². The Balaban J connectivity index is 0.904. The lowest BCUT2D eigenvalue weighted by atomic mass is 9.94. The SMILES string of the molecule is c1ccc(-c2c(-c3ccccc3)n(-c3ccc(-c4nc5ccccn5c4-c4ccccc4)cc3)c3cc4ccc5cc(-c6ccc(-c7nc8ccccn8c7-c7ccccc7)cc6)ccc5c4cc23)cc1. The summed E-state index contributed by atoms with van der Waals surface area (Å²) in [6.07, 6.45) is 4.19. The Morgan fingerprint density at radius 2 is 0.732 bits per heavy atom. The molecule has 5 nitrogen and oxygen atoms in total. The first-order valence-corrected chi connectivity index (χ1v) is 24.1. The van der Waals surface area contributed by atoms with Gasteiger partial charge in [0.15, 0.2) is 0 Å². The molecule has 0 fully saturated rings. The van der Waals surface area contributed by atoms with Crippen LogP contribution in [0.2, 0.25) is 0 Å². The molecule has 0 saturated heterocycles. The number of hydrogen-bond acceptors (Lipinski definition) is 2. The van der Waals surface area contributed by atoms with Crippen molar-refractivity contribution in [1.29, 1.82) is 0 Å². The molecule has 5 aromatic heterocycles. The van der Waals surface area contributed by atoms with Crippen LogP contribution in [0.3, 0.4) is 0 Å². The summed E-state index contributed by atoms with van der Waals surface area (Å²) in [5, 5.41) is 6.04. The highest BCUT2D eigenvalue weighted by Gasteiger charge is 2.24. The number of aromatic nitrogens is 5. The van der Waals surface area contributed by atoms with Crippen molar-refractivity contribution >= 4 is 43.7 Å². The van der Waals surface area contributed by atoms with Gasteiger partial charge < -0.3 is 4.57 Å². The lowest BCUT2D eigenvalue weighted by Gasteiger charge is -2.14. The van der Waals surface area contributed by atoms with Crippen LogP contribution in [0.25, 0.3) is 128 Å². The van der Waals surface area contributed by atoms with Gasteiger partial charge in [0.2, 0.25) is 0 Å². The molecule has 0 saturated carbocycles. The monoisotopic (exact) mass is 905 g/mol. The fourth-order valence-electron chi connectivity index (χ4n) is 10.8. The van der Waals surface area contributed by atoms with Crippen molar-refractivity contribution in [2.24, 2.45) is 0 Å². The maximum Gasteiger partial charge on any atom is 0.137 e. The first-order valence-electron chi connectivity index (χ1n) is 24.1. The molecule has 14 aromatic rings. The zero-order valence-electron chi connectivity index (χ0n) is 38.6. The zero-order chi connectivity index (χ0) is 46.8. The molecular formula is C66H43N5. The summed E-state index contributed by atoms with van der Waals surface area (Å²) in [5.74, 6) is 0. The van der Waals surface area contributed by atoms with Crippen LogP contribution in [0.4, 0.5) is 0 Å². The van der Waals surface area contributed by atoms with E-state index in [1.54, 1.807) is 0 Å². The Hall–Kier alpha value is -9.58. The molecule has 0 spiro atoms. The molecule has 0 atom stereocenters. The van der Waals surface area contributed by atoms with Crippen molar-refractivity contribution < 1.29 is 0 Å². The Morgan fingerprint density at radius 1 is 0.282 bits per heavy atom. The molecule has 0 unspecified atom stereocenters. The summed E-state index contributed by atoms with van der Waals surface area (Å²) >= 11 is 0. The summed E-state index contributed by atoms with van der Waals surface area (Å²) < 4.78 is 6.84. The normalized spacial score (nSPS) is 11.7. The molecule has 71 heavy (non-hydrogen) atoms. The van der Waals surface area contributed by atoms with E-state index < -0.39 is 0 Å². The highest BCUT2D eigenvalue weighted by molar-refractivity contribution is 6.17. The van der Waals surface area contributed by atoms with Crippen LogP contribution in [0.5, 0.6) is 0 Å². The second kappa shape index (κ2) is 16.6. The van der Waals surface area contributed by atoms with Crippen molar-refractivity contribution in [2.75, 3.05) is 0 Å². The fourth-order valence-corrected chi connectivity index (χ4v) is 10.8. The molecule has 0 amide bonds. The van der Waals surface area contributed by atoms with Crippen molar-refractivity contribution in [1.82, 2.24) is 23.3 Å². The van der Waals surface area contributed by atoms with E-state index in [4.69, 9.17) is 9.97 Å². The summed E-state index contributed by atoms with van der Waals surface area (Å²) in [7, 11) is 0. The number of imidazole rings is 2. The van der Waals surface area contributed by atoms with Crippen LogP contribution >= 0.6 is 0 Å². The average Bonchev–Trinajstić information content (AvgIpc) is 4.14. The largest absolute Gasteiger partial charge is 0.309 e. The Kier molecular flexibility index (Phi) is 9.46. The van der Waals surface area contributed by atoms with Crippen LogP contribution in [-0.2, 0) is 0 Å². The minimum absolute atomic E-state index is 0.920. The molecule has 14 rings (SSSR count). The number of hydrogen-bond donors (Lipinski definition) is 0. The lowest BCUT2D eigenvalue weighted by Crippen LogP contribution is -1.98. The van der Waals surface area contributed by atoms with Crippen LogP contribution in [-0.4, -0.2) is 23.3 Å². The third kappa shape index (κ3) is 6.78. The van der Waals surface area contributed by atoms with E-state index >= 15 is 0 Å². The standard InChI is InChI=1S/C66H43N5/c1-5-17-45(18-6-1)61-57-43-56-53(32-31-52-41-51(35-38-55(52)56)44-27-29-46(30-28-44)62-65(49-21-9-3-10-22-49)69-39-15-13-25-59(69)67-62)42-58(57)71(64(61)48-19-7-2-8-20-48)54-36-33-47(34-37-54)63-66(50-23-11-4-12-24-50)70-40-16-14-26-60(70)68-63/h1-43H. The highest BCUT2D eigenvalue weighted by Crippen LogP contribution is 2.46. The maximum absolute atomic E-state index is 5.19. The number of pyridine rings is 2. The van der Waals surface area contributed by atoms with Gasteiger partial charge in [-0.1, -0.05) is 194 Å². The van der Waals surface area contributed by atoms with Gasteiger partial charge in [0, 0.05) is 51.3 Å². The molecule has 0 N–H and O–H groups in total. The molecule has 0 bridgehead atoms. The molecule has 5 heteroatoms. The van der Waals surface area contributed by atoms with Crippen LogP contribution < -0.4 is 0 Å². The Morgan fingerprint density at radius 3 is 1.28 bits per heavy atom. The number of benzene rings is 9.